The first-order valence-electron chi connectivity index (χ1n) is 12.3. The van der Waals surface area contributed by atoms with Gasteiger partial charge in [-0.2, -0.15) is 0 Å². The van der Waals surface area contributed by atoms with Crippen molar-refractivity contribution in [2.24, 2.45) is 11.3 Å². The molecule has 32 heavy (non-hydrogen) atoms. The highest BCUT2D eigenvalue weighted by Gasteiger charge is 2.45. The molecule has 2 heterocycles. The highest BCUT2D eigenvalue weighted by molar-refractivity contribution is 5.98. The molecule has 176 valence electrons. The van der Waals surface area contributed by atoms with Gasteiger partial charge in [-0.15, -0.1) is 12.4 Å². The van der Waals surface area contributed by atoms with Gasteiger partial charge in [0.1, 0.15) is 5.75 Å². The summed E-state index contributed by atoms with van der Waals surface area (Å²) in [6, 6.07) is 6.48. The molecule has 2 saturated heterocycles. The first-order chi connectivity index (χ1) is 15.1. The van der Waals surface area contributed by atoms with Crippen LogP contribution < -0.4 is 4.74 Å². The van der Waals surface area contributed by atoms with E-state index in [4.69, 9.17) is 4.74 Å². The maximum atomic E-state index is 12.6. The van der Waals surface area contributed by atoms with Crippen LogP contribution in [0.2, 0.25) is 0 Å². The smallest absolute Gasteiger partial charge is 0.229 e. The predicted octanol–water partition coefficient (Wildman–Crippen LogP) is 4.57. The summed E-state index contributed by atoms with van der Waals surface area (Å²) in [6.45, 7) is 3.91. The molecule has 1 spiro atoms. The van der Waals surface area contributed by atoms with Crippen LogP contribution in [-0.4, -0.2) is 54.9 Å². The van der Waals surface area contributed by atoms with Gasteiger partial charge in [0, 0.05) is 44.0 Å². The number of benzene rings is 1. The number of likely N-dealkylation sites (tertiary alicyclic amines) is 2. The second-order valence-corrected chi connectivity index (χ2v) is 10.4. The van der Waals surface area contributed by atoms with Crippen LogP contribution in [0.4, 0.5) is 0 Å². The summed E-state index contributed by atoms with van der Waals surface area (Å²) in [6.07, 6.45) is 10.0. The molecule has 5 nitrogen and oxygen atoms in total. The van der Waals surface area contributed by atoms with Gasteiger partial charge in [-0.25, -0.2) is 0 Å². The molecule has 0 unspecified atom stereocenters. The normalized spacial score (nSPS) is 26.7. The third-order valence-corrected chi connectivity index (χ3v) is 8.47. The molecule has 0 bridgehead atoms. The summed E-state index contributed by atoms with van der Waals surface area (Å²) in [4.78, 5) is 29.4. The molecular formula is C26H37ClN2O3. The minimum absolute atomic E-state index is 0. The van der Waals surface area contributed by atoms with Gasteiger partial charge < -0.3 is 9.64 Å². The second-order valence-electron chi connectivity index (χ2n) is 10.4. The lowest BCUT2D eigenvalue weighted by atomic mass is 9.76. The molecule has 0 radical (unpaired) electrons. The molecule has 2 amide bonds. The number of halogens is 1. The fourth-order valence-electron chi connectivity index (χ4n) is 6.88. The molecule has 1 saturated carbocycles. The van der Waals surface area contributed by atoms with Crippen LogP contribution in [0.1, 0.15) is 74.8 Å². The van der Waals surface area contributed by atoms with E-state index in [9.17, 15) is 9.59 Å². The zero-order valence-electron chi connectivity index (χ0n) is 19.3. The zero-order valence-corrected chi connectivity index (χ0v) is 20.1. The molecule has 0 aromatic heterocycles. The Bertz CT molecular complexity index is 817. The van der Waals surface area contributed by atoms with Gasteiger partial charge in [0.05, 0.1) is 7.11 Å². The van der Waals surface area contributed by atoms with Crippen molar-refractivity contribution in [2.75, 3.05) is 33.3 Å². The Balaban J connectivity index is 0.00000245. The Labute approximate surface area is 198 Å². The van der Waals surface area contributed by atoms with Crippen molar-refractivity contribution >= 4 is 24.2 Å². The minimum Gasteiger partial charge on any atom is -0.496 e. The molecule has 1 aromatic rings. The fourth-order valence-corrected chi connectivity index (χ4v) is 6.88. The Morgan fingerprint density at radius 3 is 2.47 bits per heavy atom. The van der Waals surface area contributed by atoms with Crippen molar-refractivity contribution in [1.29, 1.82) is 0 Å². The highest BCUT2D eigenvalue weighted by Crippen LogP contribution is 2.47. The zero-order chi connectivity index (χ0) is 21.4. The van der Waals surface area contributed by atoms with Gasteiger partial charge in [0.2, 0.25) is 11.8 Å². The third kappa shape index (κ3) is 4.43. The number of unbranched alkanes of at least 4 members (excludes halogenated alkanes) is 1. The third-order valence-electron chi connectivity index (χ3n) is 8.47. The van der Waals surface area contributed by atoms with E-state index in [1.807, 2.05) is 0 Å². The molecule has 2 atom stereocenters. The number of piperidine rings is 1. The average molecular weight is 461 g/mol. The maximum Gasteiger partial charge on any atom is 0.229 e. The quantitative estimate of drug-likeness (QED) is 0.461. The van der Waals surface area contributed by atoms with E-state index in [0.717, 1.165) is 63.4 Å². The largest absolute Gasteiger partial charge is 0.496 e. The van der Waals surface area contributed by atoms with E-state index in [1.165, 1.54) is 30.4 Å². The number of hydrogen-bond donors (Lipinski definition) is 0. The fraction of sp³-hybridized carbons (Fsp3) is 0.692. The van der Waals surface area contributed by atoms with E-state index >= 15 is 0 Å². The minimum atomic E-state index is 0. The number of methoxy groups -OCH3 is 1. The predicted molar refractivity (Wildman–Crippen MR) is 127 cm³/mol. The monoisotopic (exact) mass is 460 g/mol. The summed E-state index contributed by atoms with van der Waals surface area (Å²) in [5.74, 6) is 2.50. The Kier molecular flexibility index (Phi) is 7.16. The van der Waals surface area contributed by atoms with Crippen LogP contribution in [-0.2, 0) is 16.0 Å². The van der Waals surface area contributed by atoms with Crippen molar-refractivity contribution in [1.82, 2.24) is 9.80 Å². The number of nitrogens with zero attached hydrogens (tertiary/aromatic N) is 2. The SMILES string of the molecule is COc1cccc2c1[C@@H]1CN(CCCCN3C(=O)CC4(CCCC4)CC3=O)C[C@H]1CC2.Cl. The molecule has 2 aliphatic heterocycles. The number of carbonyl (C=O) groups is 2. The van der Waals surface area contributed by atoms with E-state index in [0.29, 0.717) is 25.3 Å². The van der Waals surface area contributed by atoms with Gasteiger partial charge in [0.15, 0.2) is 0 Å². The van der Waals surface area contributed by atoms with Crippen molar-refractivity contribution in [2.45, 2.75) is 70.1 Å². The molecule has 3 fully saturated rings. The lowest BCUT2D eigenvalue weighted by molar-refractivity contribution is -0.153. The summed E-state index contributed by atoms with van der Waals surface area (Å²) in [5.41, 5.74) is 2.91. The molecule has 6 heteroatoms. The van der Waals surface area contributed by atoms with Crippen molar-refractivity contribution in [3.05, 3.63) is 29.3 Å². The molecule has 2 aliphatic carbocycles. The van der Waals surface area contributed by atoms with Gasteiger partial charge in [-0.1, -0.05) is 25.0 Å². The standard InChI is InChI=1S/C26H36N2O3.ClH/c1-31-22-8-6-7-19-9-10-20-17-27(18-21(20)25(19)22)13-4-5-14-28-23(29)15-26(16-24(28)30)11-2-3-12-26;/h6-8,20-21H,2-5,9-18H2,1H3;1H/t20-,21-;/m1./s1. The second kappa shape index (κ2) is 9.72. The lowest BCUT2D eigenvalue weighted by Gasteiger charge is -2.37. The van der Waals surface area contributed by atoms with Crippen LogP contribution >= 0.6 is 12.4 Å². The number of carbonyl (C=O) groups excluding carboxylic acids is 2. The lowest BCUT2D eigenvalue weighted by Crippen LogP contribution is -2.47. The maximum absolute atomic E-state index is 12.6. The molecule has 0 N–H and O–H groups in total. The Morgan fingerprint density at radius 1 is 1.03 bits per heavy atom. The van der Waals surface area contributed by atoms with Crippen molar-refractivity contribution in [3.8, 4) is 5.75 Å². The first kappa shape index (κ1) is 23.6. The van der Waals surface area contributed by atoms with Crippen LogP contribution in [0.5, 0.6) is 5.75 Å². The van der Waals surface area contributed by atoms with E-state index < -0.39 is 0 Å². The van der Waals surface area contributed by atoms with Gasteiger partial charge in [-0.3, -0.25) is 14.5 Å². The summed E-state index contributed by atoms with van der Waals surface area (Å²) >= 11 is 0. The van der Waals surface area contributed by atoms with E-state index in [2.05, 4.69) is 23.1 Å². The van der Waals surface area contributed by atoms with E-state index in [1.54, 1.807) is 12.0 Å². The Hall–Kier alpha value is -1.59. The number of fused-ring (bicyclic) bond motifs is 3. The van der Waals surface area contributed by atoms with Crippen LogP contribution in [0, 0.1) is 11.3 Å². The number of hydrogen-bond acceptors (Lipinski definition) is 4. The molecular weight excluding hydrogens is 424 g/mol. The summed E-state index contributed by atoms with van der Waals surface area (Å²) < 4.78 is 5.69. The van der Waals surface area contributed by atoms with E-state index in [-0.39, 0.29) is 29.6 Å². The highest BCUT2D eigenvalue weighted by atomic mass is 35.5. The molecule has 5 rings (SSSR count). The number of rotatable bonds is 6. The van der Waals surface area contributed by atoms with Crippen LogP contribution in [0.15, 0.2) is 18.2 Å². The number of amides is 2. The van der Waals surface area contributed by atoms with Gasteiger partial charge >= 0.3 is 0 Å². The Morgan fingerprint density at radius 2 is 1.75 bits per heavy atom. The van der Waals surface area contributed by atoms with Gasteiger partial charge in [0.25, 0.3) is 0 Å². The van der Waals surface area contributed by atoms with Gasteiger partial charge in [-0.05, 0) is 68.0 Å². The number of ether oxygens (including phenoxy) is 1. The van der Waals surface area contributed by atoms with Crippen LogP contribution in [0.3, 0.4) is 0 Å². The summed E-state index contributed by atoms with van der Waals surface area (Å²) in [5, 5.41) is 0. The van der Waals surface area contributed by atoms with Crippen molar-refractivity contribution < 1.29 is 14.3 Å². The topological polar surface area (TPSA) is 49.9 Å². The number of imide groups is 1. The molecule has 4 aliphatic rings. The van der Waals surface area contributed by atoms with Crippen molar-refractivity contribution in [3.63, 3.8) is 0 Å². The summed E-state index contributed by atoms with van der Waals surface area (Å²) in [7, 11) is 1.78. The molecule has 1 aromatic carbocycles. The number of aryl methyl sites for hydroxylation is 1. The average Bonchev–Trinajstić information content (AvgIpc) is 3.38. The van der Waals surface area contributed by atoms with Crippen LogP contribution in [0.25, 0.3) is 0 Å². The first-order valence-corrected chi connectivity index (χ1v) is 12.3.